The molecule has 37 heavy (non-hydrogen) atoms. The fourth-order valence-corrected chi connectivity index (χ4v) is 6.04. The monoisotopic (exact) mass is 538 g/mol. The lowest BCUT2D eigenvalue weighted by Crippen LogP contribution is -2.47. The molecule has 1 aromatic carbocycles. The smallest absolute Gasteiger partial charge is 0.248 e. The normalized spacial score (nSPS) is 14.8. The summed E-state index contributed by atoms with van der Waals surface area (Å²) in [6, 6.07) is 12.9. The first-order chi connectivity index (χ1) is 18.1. The van der Waals surface area contributed by atoms with E-state index in [1.807, 2.05) is 35.0 Å². The van der Waals surface area contributed by atoms with Crippen molar-refractivity contribution in [3.63, 3.8) is 0 Å². The van der Waals surface area contributed by atoms with Crippen LogP contribution in [0.25, 0.3) is 10.7 Å². The number of benzene rings is 1. The molecule has 1 aliphatic rings. The summed E-state index contributed by atoms with van der Waals surface area (Å²) >= 11 is 2.87. The van der Waals surface area contributed by atoms with Gasteiger partial charge >= 0.3 is 0 Å². The molecule has 2 amide bonds. The number of tetrazole rings is 1. The van der Waals surface area contributed by atoms with Gasteiger partial charge in [0.2, 0.25) is 17.6 Å². The molecule has 0 aliphatic heterocycles. The number of nitrogens with zero attached hydrogens (tertiary/aromatic N) is 5. The Morgan fingerprint density at radius 1 is 1.05 bits per heavy atom. The Balaban J connectivity index is 1.44. The number of carbonyl (C=O) groups excluding carboxylic acids is 2. The van der Waals surface area contributed by atoms with Crippen LogP contribution >= 0.6 is 22.7 Å². The second kappa shape index (κ2) is 11.7. The molecule has 1 atom stereocenters. The van der Waals surface area contributed by atoms with E-state index in [9.17, 15) is 14.0 Å². The van der Waals surface area contributed by atoms with Gasteiger partial charge in [-0.25, -0.2) is 4.39 Å². The zero-order valence-electron chi connectivity index (χ0n) is 20.1. The molecule has 0 unspecified atom stereocenters. The van der Waals surface area contributed by atoms with E-state index in [1.165, 1.54) is 38.4 Å². The molecular formula is C26H27FN6O2S2. The molecule has 0 spiro atoms. The molecule has 3 aromatic heterocycles. The summed E-state index contributed by atoms with van der Waals surface area (Å²) in [7, 11) is 0. The number of halogens is 1. The van der Waals surface area contributed by atoms with Gasteiger partial charge in [0, 0.05) is 23.0 Å². The molecule has 192 valence electrons. The molecule has 8 nitrogen and oxygen atoms in total. The van der Waals surface area contributed by atoms with Crippen molar-refractivity contribution in [1.82, 2.24) is 30.4 Å². The Hall–Kier alpha value is -3.44. The minimum atomic E-state index is -0.908. The highest BCUT2D eigenvalue weighted by atomic mass is 32.1. The Kier molecular flexibility index (Phi) is 8.00. The van der Waals surface area contributed by atoms with Crippen molar-refractivity contribution in [2.75, 3.05) is 0 Å². The predicted molar refractivity (Wildman–Crippen MR) is 140 cm³/mol. The third-order valence-corrected chi connectivity index (χ3v) is 8.20. The van der Waals surface area contributed by atoms with E-state index < -0.39 is 17.8 Å². The lowest BCUT2D eigenvalue weighted by atomic mass is 9.95. The molecule has 1 N–H and O–H groups in total. The van der Waals surface area contributed by atoms with E-state index in [0.717, 1.165) is 37.0 Å². The van der Waals surface area contributed by atoms with Crippen LogP contribution in [-0.2, 0) is 22.7 Å². The van der Waals surface area contributed by atoms with Gasteiger partial charge in [0.15, 0.2) is 0 Å². The number of hydrogen-bond donors (Lipinski definition) is 1. The quantitative estimate of drug-likeness (QED) is 0.330. The van der Waals surface area contributed by atoms with Gasteiger partial charge in [-0.05, 0) is 47.0 Å². The topological polar surface area (TPSA) is 93.0 Å². The van der Waals surface area contributed by atoms with Crippen LogP contribution in [0.5, 0.6) is 0 Å². The summed E-state index contributed by atoms with van der Waals surface area (Å²) in [5.74, 6) is -0.675. The van der Waals surface area contributed by atoms with Gasteiger partial charge in [0.1, 0.15) is 18.4 Å². The van der Waals surface area contributed by atoms with E-state index in [0.29, 0.717) is 16.3 Å². The summed E-state index contributed by atoms with van der Waals surface area (Å²) in [5.41, 5.74) is 0.327. The highest BCUT2D eigenvalue weighted by Gasteiger charge is 2.34. The third-order valence-electron chi connectivity index (χ3n) is 6.41. The van der Waals surface area contributed by atoms with Crippen LogP contribution in [0.3, 0.4) is 0 Å². The maximum atomic E-state index is 14.7. The van der Waals surface area contributed by atoms with Crippen molar-refractivity contribution in [1.29, 1.82) is 0 Å². The van der Waals surface area contributed by atoms with Crippen LogP contribution < -0.4 is 5.32 Å². The molecule has 1 aliphatic carbocycles. The van der Waals surface area contributed by atoms with Crippen molar-refractivity contribution in [2.24, 2.45) is 0 Å². The minimum absolute atomic E-state index is 0.0689. The van der Waals surface area contributed by atoms with Crippen LogP contribution in [0.15, 0.2) is 59.3 Å². The molecular weight excluding hydrogens is 511 g/mol. The van der Waals surface area contributed by atoms with Crippen molar-refractivity contribution >= 4 is 34.5 Å². The van der Waals surface area contributed by atoms with Gasteiger partial charge in [-0.2, -0.15) is 4.80 Å². The zero-order valence-corrected chi connectivity index (χ0v) is 21.8. The minimum Gasteiger partial charge on any atom is -0.351 e. The van der Waals surface area contributed by atoms with E-state index in [4.69, 9.17) is 0 Å². The van der Waals surface area contributed by atoms with Crippen molar-refractivity contribution < 1.29 is 14.0 Å². The molecule has 11 heteroatoms. The molecule has 0 bridgehead atoms. The van der Waals surface area contributed by atoms with E-state index in [2.05, 4.69) is 20.7 Å². The van der Waals surface area contributed by atoms with Crippen LogP contribution in [0, 0.1) is 5.82 Å². The Bertz CT molecular complexity index is 1320. The number of thiophene rings is 2. The van der Waals surface area contributed by atoms with Crippen molar-refractivity contribution in [3.05, 3.63) is 75.5 Å². The second-order valence-corrected chi connectivity index (χ2v) is 10.9. The average Bonchev–Trinajstić information content (AvgIpc) is 3.69. The van der Waals surface area contributed by atoms with Gasteiger partial charge in [-0.15, -0.1) is 32.9 Å². The average molecular weight is 539 g/mol. The molecule has 5 rings (SSSR count). The summed E-state index contributed by atoms with van der Waals surface area (Å²) in [6.45, 7) is -0.302. The lowest BCUT2D eigenvalue weighted by molar-refractivity contribution is -0.142. The molecule has 0 radical (unpaired) electrons. The number of amides is 2. The fraction of sp³-hybridized carbons (Fsp3) is 0.346. The number of carbonyl (C=O) groups is 2. The first-order valence-electron chi connectivity index (χ1n) is 12.3. The van der Waals surface area contributed by atoms with Crippen LogP contribution in [0.2, 0.25) is 0 Å². The Morgan fingerprint density at radius 2 is 1.84 bits per heavy atom. The number of rotatable bonds is 9. The summed E-state index contributed by atoms with van der Waals surface area (Å²) in [4.78, 5) is 31.7. The summed E-state index contributed by atoms with van der Waals surface area (Å²) < 4.78 is 14.7. The van der Waals surface area contributed by atoms with Crippen LogP contribution in [0.1, 0.15) is 48.6 Å². The van der Waals surface area contributed by atoms with Gasteiger partial charge in [0.05, 0.1) is 4.88 Å². The second-order valence-electron chi connectivity index (χ2n) is 9.00. The summed E-state index contributed by atoms with van der Waals surface area (Å²) in [6.07, 6.45) is 5.13. The lowest BCUT2D eigenvalue weighted by Gasteiger charge is -2.32. The van der Waals surface area contributed by atoms with Crippen molar-refractivity contribution in [2.45, 2.75) is 57.3 Å². The van der Waals surface area contributed by atoms with Gasteiger partial charge in [-0.1, -0.05) is 49.6 Å². The number of hydrogen-bond acceptors (Lipinski definition) is 7. The third kappa shape index (κ3) is 6.11. The SMILES string of the molecule is O=C(NC1CCCCC1)[C@@H](c1cccs1)N(Cc1ccccc1F)C(=O)Cn1nnc(-c2cccs2)n1. The highest BCUT2D eigenvalue weighted by Crippen LogP contribution is 2.29. The van der Waals surface area contributed by atoms with Gasteiger partial charge < -0.3 is 10.2 Å². The maximum Gasteiger partial charge on any atom is 0.248 e. The zero-order chi connectivity index (χ0) is 25.6. The number of aromatic nitrogens is 4. The Labute approximate surface area is 222 Å². The largest absolute Gasteiger partial charge is 0.351 e. The highest BCUT2D eigenvalue weighted by molar-refractivity contribution is 7.13. The molecule has 4 aromatic rings. The van der Waals surface area contributed by atoms with Crippen LogP contribution in [-0.4, -0.2) is 43.0 Å². The molecule has 1 fully saturated rings. The van der Waals surface area contributed by atoms with Crippen LogP contribution in [0.4, 0.5) is 4.39 Å². The first kappa shape index (κ1) is 25.2. The maximum absolute atomic E-state index is 14.7. The van der Waals surface area contributed by atoms with E-state index in [-0.39, 0.29) is 25.0 Å². The van der Waals surface area contributed by atoms with Gasteiger partial charge in [0.25, 0.3) is 0 Å². The Morgan fingerprint density at radius 3 is 2.57 bits per heavy atom. The standard InChI is InChI=1S/C26H27FN6O2S2/c27-20-11-5-4-8-18(20)16-32(23(34)17-33-30-25(29-31-33)22-13-7-15-37-22)24(21-12-6-14-36-21)26(35)28-19-9-2-1-3-10-19/h4-8,11-15,19,24H,1-3,9-10,16-17H2,(H,28,35)/t24-/m1/s1. The molecule has 1 saturated carbocycles. The fourth-order valence-electron chi connectivity index (χ4n) is 4.56. The van der Waals surface area contributed by atoms with Crippen molar-refractivity contribution in [3.8, 4) is 10.7 Å². The van der Waals surface area contributed by atoms with E-state index >= 15 is 0 Å². The summed E-state index contributed by atoms with van der Waals surface area (Å²) in [5, 5.41) is 19.4. The molecule has 3 heterocycles. The molecule has 0 saturated heterocycles. The van der Waals surface area contributed by atoms with E-state index in [1.54, 1.807) is 18.2 Å². The first-order valence-corrected chi connectivity index (χ1v) is 14.0. The number of nitrogens with one attached hydrogen (secondary N) is 1. The van der Waals surface area contributed by atoms with Gasteiger partial charge in [-0.3, -0.25) is 9.59 Å². The predicted octanol–water partition coefficient (Wildman–Crippen LogP) is 4.82.